The molecule has 0 atom stereocenters. The van der Waals surface area contributed by atoms with Crippen LogP contribution in [0.1, 0.15) is 19.8 Å². The zero-order valence-corrected chi connectivity index (χ0v) is 4.99. The predicted octanol–water partition coefficient (Wildman–Crippen LogP) is 1.50. The molecule has 0 heterocycles. The molecule has 0 aromatic carbocycles. The van der Waals surface area contributed by atoms with E-state index in [-0.39, 0.29) is 22.5 Å². The van der Waals surface area contributed by atoms with Gasteiger partial charge in [0.25, 0.3) is 0 Å². The van der Waals surface area contributed by atoms with Gasteiger partial charge in [0.15, 0.2) is 0 Å². The van der Waals surface area contributed by atoms with Gasteiger partial charge in [-0.2, -0.15) is 6.42 Å². The van der Waals surface area contributed by atoms with E-state index in [0.29, 0.717) is 0 Å². The van der Waals surface area contributed by atoms with Crippen molar-refractivity contribution in [2.75, 3.05) is 0 Å². The fraction of sp³-hybridized carbons (Fsp3) is 0.750. The van der Waals surface area contributed by atoms with Crippen LogP contribution in [0.2, 0.25) is 0 Å². The molecule has 0 N–H and O–H groups in total. The van der Waals surface area contributed by atoms with Gasteiger partial charge in [0.2, 0.25) is 0 Å². The SMILES string of the molecule is [CH2-]CCC.[Fe+3].[O-2]. The molecule has 0 aliphatic carbocycles. The van der Waals surface area contributed by atoms with Gasteiger partial charge in [-0.15, -0.1) is 0 Å². The Morgan fingerprint density at radius 2 is 1.67 bits per heavy atom. The molecule has 0 rings (SSSR count). The molecular formula is C4H9FeO. The van der Waals surface area contributed by atoms with E-state index in [0.717, 1.165) is 6.42 Å². The minimum atomic E-state index is 0. The van der Waals surface area contributed by atoms with E-state index >= 15 is 0 Å². The fourth-order valence-electron chi connectivity index (χ4n) is 0. The average Bonchev–Trinajstić information content (AvgIpc) is 1.37. The molecule has 0 fully saturated rings. The van der Waals surface area contributed by atoms with Crippen LogP contribution in [0, 0.1) is 6.92 Å². The second-order valence-electron chi connectivity index (χ2n) is 0.854. The number of hydrogen-bond acceptors (Lipinski definition) is 0. The van der Waals surface area contributed by atoms with Crippen LogP contribution in [-0.2, 0) is 22.5 Å². The molecule has 0 aliphatic rings. The van der Waals surface area contributed by atoms with Gasteiger partial charge < -0.3 is 12.4 Å². The van der Waals surface area contributed by atoms with Crippen LogP contribution in [0.15, 0.2) is 0 Å². The molecule has 6 heavy (non-hydrogen) atoms. The van der Waals surface area contributed by atoms with Crippen molar-refractivity contribution in [2.24, 2.45) is 0 Å². The van der Waals surface area contributed by atoms with Crippen molar-refractivity contribution in [2.45, 2.75) is 19.8 Å². The second-order valence-corrected chi connectivity index (χ2v) is 0.854. The molecular weight excluding hydrogens is 120 g/mol. The Balaban J connectivity index is -0.0000000450. The van der Waals surface area contributed by atoms with Crippen LogP contribution < -0.4 is 0 Å². The molecule has 39 valence electrons. The molecule has 0 aromatic heterocycles. The predicted molar refractivity (Wildman–Crippen MR) is 21.0 cm³/mol. The molecule has 0 spiro atoms. The van der Waals surface area contributed by atoms with Gasteiger partial charge in [-0.3, -0.25) is 0 Å². The van der Waals surface area contributed by atoms with Crippen molar-refractivity contribution in [3.05, 3.63) is 6.92 Å². The third kappa shape index (κ3) is 24.8. The normalized spacial score (nSPS) is 5.00. The van der Waals surface area contributed by atoms with Crippen molar-refractivity contribution >= 4 is 0 Å². The maximum Gasteiger partial charge on any atom is 3.00 e. The van der Waals surface area contributed by atoms with E-state index in [1.54, 1.807) is 0 Å². The monoisotopic (exact) mass is 129 g/mol. The maximum absolute atomic E-state index is 3.60. The van der Waals surface area contributed by atoms with Crippen molar-refractivity contribution in [1.82, 2.24) is 0 Å². The Bertz CT molecular complexity index is 9.51. The van der Waals surface area contributed by atoms with Crippen molar-refractivity contribution in [1.29, 1.82) is 0 Å². The van der Waals surface area contributed by atoms with Gasteiger partial charge >= 0.3 is 17.1 Å². The van der Waals surface area contributed by atoms with Gasteiger partial charge in [0.1, 0.15) is 0 Å². The summed E-state index contributed by atoms with van der Waals surface area (Å²) in [5.41, 5.74) is 0. The third-order valence-electron chi connectivity index (χ3n) is 0.354. The molecule has 1 radical (unpaired) electrons. The molecule has 0 aliphatic heterocycles. The van der Waals surface area contributed by atoms with E-state index in [9.17, 15) is 0 Å². The van der Waals surface area contributed by atoms with Gasteiger partial charge in [-0.1, -0.05) is 13.3 Å². The van der Waals surface area contributed by atoms with E-state index in [1.165, 1.54) is 6.42 Å². The molecule has 0 saturated carbocycles. The van der Waals surface area contributed by atoms with Crippen LogP contribution in [0.4, 0.5) is 0 Å². The standard InChI is InChI=1S/C4H9.Fe.O/c1-3-4-2;;/h1,3-4H2,2H3;;/q-1;+3;-2. The summed E-state index contributed by atoms with van der Waals surface area (Å²) in [4.78, 5) is 0. The van der Waals surface area contributed by atoms with Crippen LogP contribution in [-0.4, -0.2) is 0 Å². The quantitative estimate of drug-likeness (QED) is 0.379. The summed E-state index contributed by atoms with van der Waals surface area (Å²) >= 11 is 0. The van der Waals surface area contributed by atoms with Crippen LogP contribution in [0.25, 0.3) is 0 Å². The Kier molecular flexibility index (Phi) is 47.9. The van der Waals surface area contributed by atoms with E-state index < -0.39 is 0 Å². The third-order valence-corrected chi connectivity index (χ3v) is 0.354. The first-order chi connectivity index (χ1) is 1.91. The first kappa shape index (κ1) is 16.1. The molecule has 0 saturated heterocycles. The van der Waals surface area contributed by atoms with Gasteiger partial charge in [0, 0.05) is 0 Å². The summed E-state index contributed by atoms with van der Waals surface area (Å²) in [6.45, 7) is 5.72. The Labute approximate surface area is 49.9 Å². The van der Waals surface area contributed by atoms with Crippen molar-refractivity contribution < 1.29 is 22.5 Å². The number of unbranched alkanes of at least 4 members (excludes halogenated alkanes) is 1. The maximum atomic E-state index is 3.60. The number of rotatable bonds is 1. The summed E-state index contributed by atoms with van der Waals surface area (Å²) < 4.78 is 0. The summed E-state index contributed by atoms with van der Waals surface area (Å²) in [5.74, 6) is 0. The summed E-state index contributed by atoms with van der Waals surface area (Å²) in [6, 6.07) is 0. The zero-order chi connectivity index (χ0) is 3.41. The smallest absolute Gasteiger partial charge is 2.00 e. The van der Waals surface area contributed by atoms with Gasteiger partial charge in [-0.25, -0.2) is 0 Å². The Hall–Kier alpha value is 0.479. The Morgan fingerprint density at radius 3 is 1.67 bits per heavy atom. The van der Waals surface area contributed by atoms with Crippen LogP contribution >= 0.6 is 0 Å². The van der Waals surface area contributed by atoms with E-state index in [1.807, 2.05) is 0 Å². The van der Waals surface area contributed by atoms with Gasteiger partial charge in [-0.05, 0) is 0 Å². The summed E-state index contributed by atoms with van der Waals surface area (Å²) in [5, 5.41) is 0. The molecule has 1 nitrogen and oxygen atoms in total. The van der Waals surface area contributed by atoms with Gasteiger partial charge in [0.05, 0.1) is 0 Å². The topological polar surface area (TPSA) is 28.5 Å². The summed E-state index contributed by atoms with van der Waals surface area (Å²) in [6.07, 6.45) is 2.28. The van der Waals surface area contributed by atoms with E-state index in [2.05, 4.69) is 13.8 Å². The first-order valence-electron chi connectivity index (χ1n) is 1.71. The summed E-state index contributed by atoms with van der Waals surface area (Å²) in [7, 11) is 0. The van der Waals surface area contributed by atoms with E-state index in [4.69, 9.17) is 0 Å². The second kappa shape index (κ2) is 17.9. The molecule has 0 bridgehead atoms. The Morgan fingerprint density at radius 1 is 1.50 bits per heavy atom. The largest absolute Gasteiger partial charge is 3.00 e. The minimum absolute atomic E-state index is 0. The van der Waals surface area contributed by atoms with Crippen LogP contribution in [0.3, 0.4) is 0 Å². The fourth-order valence-corrected chi connectivity index (χ4v) is 0. The number of hydrogen-bond donors (Lipinski definition) is 0. The molecule has 0 aromatic rings. The first-order valence-corrected chi connectivity index (χ1v) is 1.71. The van der Waals surface area contributed by atoms with Crippen LogP contribution in [0.5, 0.6) is 0 Å². The zero-order valence-electron chi connectivity index (χ0n) is 3.88. The molecule has 2 heteroatoms. The molecule has 0 unspecified atom stereocenters. The van der Waals surface area contributed by atoms with Crippen molar-refractivity contribution in [3.8, 4) is 0 Å². The molecule has 0 amide bonds. The average molecular weight is 129 g/mol. The minimum Gasteiger partial charge on any atom is -2.00 e. The van der Waals surface area contributed by atoms with Crippen molar-refractivity contribution in [3.63, 3.8) is 0 Å².